The third-order valence-electron chi connectivity index (χ3n) is 3.93. The Morgan fingerprint density at radius 3 is 2.44 bits per heavy atom. The number of carbonyl (C=O) groups is 1. The number of carbonyl (C=O) groups excluding carboxylic acids is 1. The quantitative estimate of drug-likeness (QED) is 0.561. The van der Waals surface area contributed by atoms with E-state index in [1.54, 1.807) is 12.1 Å². The molecule has 0 aliphatic rings. The first-order valence-electron chi connectivity index (χ1n) is 8.32. The molecule has 2 aromatic carbocycles. The van der Waals surface area contributed by atoms with Crippen molar-refractivity contribution < 1.29 is 23.6 Å². The molecule has 0 aliphatic carbocycles. The van der Waals surface area contributed by atoms with Crippen LogP contribution in [0.25, 0.3) is 0 Å². The number of nitro benzene ring substituents is 1. The van der Waals surface area contributed by atoms with E-state index in [9.17, 15) is 19.3 Å². The fourth-order valence-electron chi connectivity index (χ4n) is 2.55. The van der Waals surface area contributed by atoms with Crippen LogP contribution in [0, 0.1) is 21.8 Å². The van der Waals surface area contributed by atoms with Crippen molar-refractivity contribution in [3.63, 3.8) is 0 Å². The van der Waals surface area contributed by atoms with E-state index in [2.05, 4.69) is 5.32 Å². The van der Waals surface area contributed by atoms with Crippen LogP contribution in [0.1, 0.15) is 25.5 Å². The molecule has 144 valence electrons. The lowest BCUT2D eigenvalue weighted by atomic mass is 9.96. The molecule has 0 bridgehead atoms. The van der Waals surface area contributed by atoms with Crippen molar-refractivity contribution in [1.29, 1.82) is 0 Å². The highest BCUT2D eigenvalue weighted by Crippen LogP contribution is 2.31. The molecule has 0 heterocycles. The number of nitrogens with zero attached hydrogens (tertiary/aromatic N) is 1. The molecule has 1 N–H and O–H groups in total. The number of ether oxygens (including phenoxy) is 2. The third-order valence-corrected chi connectivity index (χ3v) is 3.93. The van der Waals surface area contributed by atoms with Crippen LogP contribution >= 0.6 is 0 Å². The first kappa shape index (κ1) is 20.2. The SMILES string of the molecule is COc1ccc(OCC(=O)NC(c2ccc(F)cc2)C(C)C)c([N+](=O)[O-])c1. The molecule has 1 amide bonds. The van der Waals surface area contributed by atoms with Gasteiger partial charge in [0.05, 0.1) is 24.1 Å². The van der Waals surface area contributed by atoms with Crippen LogP contribution in [0.3, 0.4) is 0 Å². The number of nitro groups is 1. The Morgan fingerprint density at radius 2 is 1.89 bits per heavy atom. The number of rotatable bonds is 8. The number of nitrogens with one attached hydrogen (secondary N) is 1. The van der Waals surface area contributed by atoms with E-state index in [1.165, 1.54) is 37.4 Å². The van der Waals surface area contributed by atoms with Crippen LogP contribution in [0.15, 0.2) is 42.5 Å². The summed E-state index contributed by atoms with van der Waals surface area (Å²) in [6.07, 6.45) is 0. The molecule has 8 heteroatoms. The van der Waals surface area contributed by atoms with Gasteiger partial charge in [0.15, 0.2) is 12.4 Å². The van der Waals surface area contributed by atoms with Crippen molar-refractivity contribution in [2.24, 2.45) is 5.92 Å². The van der Waals surface area contributed by atoms with E-state index < -0.39 is 17.4 Å². The fourth-order valence-corrected chi connectivity index (χ4v) is 2.55. The Labute approximate surface area is 156 Å². The highest BCUT2D eigenvalue weighted by atomic mass is 19.1. The van der Waals surface area contributed by atoms with Gasteiger partial charge >= 0.3 is 5.69 Å². The van der Waals surface area contributed by atoms with Crippen LogP contribution in [0.4, 0.5) is 10.1 Å². The number of benzene rings is 2. The van der Waals surface area contributed by atoms with Gasteiger partial charge in [-0.15, -0.1) is 0 Å². The summed E-state index contributed by atoms with van der Waals surface area (Å²) in [6.45, 7) is 3.45. The van der Waals surface area contributed by atoms with E-state index in [0.29, 0.717) is 5.75 Å². The average Bonchev–Trinajstić information content (AvgIpc) is 2.64. The highest BCUT2D eigenvalue weighted by molar-refractivity contribution is 5.78. The molecule has 0 saturated heterocycles. The van der Waals surface area contributed by atoms with Crippen LogP contribution < -0.4 is 14.8 Å². The molecule has 7 nitrogen and oxygen atoms in total. The number of methoxy groups -OCH3 is 1. The van der Waals surface area contributed by atoms with Gasteiger partial charge < -0.3 is 14.8 Å². The largest absolute Gasteiger partial charge is 0.496 e. The highest BCUT2D eigenvalue weighted by Gasteiger charge is 2.21. The fraction of sp³-hybridized carbons (Fsp3) is 0.316. The molecule has 0 fully saturated rings. The minimum absolute atomic E-state index is 0.0289. The van der Waals surface area contributed by atoms with E-state index in [4.69, 9.17) is 9.47 Å². The molecular weight excluding hydrogens is 355 g/mol. The van der Waals surface area contributed by atoms with E-state index in [-0.39, 0.29) is 29.2 Å². The minimum Gasteiger partial charge on any atom is -0.496 e. The van der Waals surface area contributed by atoms with Crippen molar-refractivity contribution in [1.82, 2.24) is 5.32 Å². The smallest absolute Gasteiger partial charge is 0.314 e. The van der Waals surface area contributed by atoms with Gasteiger partial charge in [-0.3, -0.25) is 14.9 Å². The maximum atomic E-state index is 13.1. The van der Waals surface area contributed by atoms with Crippen molar-refractivity contribution in [2.75, 3.05) is 13.7 Å². The normalized spacial score (nSPS) is 11.7. The lowest BCUT2D eigenvalue weighted by Gasteiger charge is -2.23. The maximum absolute atomic E-state index is 13.1. The van der Waals surface area contributed by atoms with Crippen LogP contribution in [0.2, 0.25) is 0 Å². The predicted octanol–water partition coefficient (Wildman–Crippen LogP) is 3.63. The lowest BCUT2D eigenvalue weighted by molar-refractivity contribution is -0.385. The van der Waals surface area contributed by atoms with Crippen molar-refractivity contribution in [2.45, 2.75) is 19.9 Å². The molecule has 0 radical (unpaired) electrons. The zero-order chi connectivity index (χ0) is 20.0. The van der Waals surface area contributed by atoms with Gasteiger partial charge in [0, 0.05) is 0 Å². The second-order valence-corrected chi connectivity index (χ2v) is 6.22. The third kappa shape index (κ3) is 5.40. The van der Waals surface area contributed by atoms with Crippen molar-refractivity contribution in [3.05, 3.63) is 64.0 Å². The second-order valence-electron chi connectivity index (χ2n) is 6.22. The summed E-state index contributed by atoms with van der Waals surface area (Å²) >= 11 is 0. The van der Waals surface area contributed by atoms with Crippen molar-refractivity contribution >= 4 is 11.6 Å². The van der Waals surface area contributed by atoms with Gasteiger partial charge in [0.2, 0.25) is 0 Å². The zero-order valence-corrected chi connectivity index (χ0v) is 15.3. The van der Waals surface area contributed by atoms with E-state index in [1.807, 2.05) is 13.8 Å². The summed E-state index contributed by atoms with van der Waals surface area (Å²) in [6, 6.07) is 9.64. The molecule has 2 aromatic rings. The summed E-state index contributed by atoms with van der Waals surface area (Å²) in [4.78, 5) is 22.8. The van der Waals surface area contributed by atoms with Gasteiger partial charge in [-0.2, -0.15) is 0 Å². The summed E-state index contributed by atoms with van der Waals surface area (Å²) in [5.41, 5.74) is 0.469. The second kappa shape index (κ2) is 8.98. The van der Waals surface area contributed by atoms with Gasteiger partial charge in [0.25, 0.3) is 5.91 Å². The molecule has 2 rings (SSSR count). The molecule has 0 aliphatic heterocycles. The summed E-state index contributed by atoms with van der Waals surface area (Å²) < 4.78 is 23.4. The van der Waals surface area contributed by atoms with Crippen LogP contribution in [-0.2, 0) is 4.79 Å². The summed E-state index contributed by atoms with van der Waals surface area (Å²) in [7, 11) is 1.40. The van der Waals surface area contributed by atoms with E-state index >= 15 is 0 Å². The van der Waals surface area contributed by atoms with Gasteiger partial charge in [-0.25, -0.2) is 4.39 Å². The molecule has 0 spiro atoms. The van der Waals surface area contributed by atoms with Crippen LogP contribution in [0.5, 0.6) is 11.5 Å². The monoisotopic (exact) mass is 376 g/mol. The minimum atomic E-state index is -0.606. The Balaban J connectivity index is 2.06. The molecule has 27 heavy (non-hydrogen) atoms. The van der Waals surface area contributed by atoms with Gasteiger partial charge in [-0.05, 0) is 35.7 Å². The Morgan fingerprint density at radius 1 is 1.22 bits per heavy atom. The molecule has 1 unspecified atom stereocenters. The topological polar surface area (TPSA) is 90.7 Å². The first-order valence-corrected chi connectivity index (χ1v) is 8.32. The molecule has 0 aromatic heterocycles. The summed E-state index contributed by atoms with van der Waals surface area (Å²) in [5, 5.41) is 14.0. The molecule has 1 atom stereocenters. The summed E-state index contributed by atoms with van der Waals surface area (Å²) in [5.74, 6) is -0.464. The number of hydrogen-bond acceptors (Lipinski definition) is 5. The first-order chi connectivity index (χ1) is 12.8. The Bertz CT molecular complexity index is 808. The Kier molecular flexibility index (Phi) is 6.70. The predicted molar refractivity (Wildman–Crippen MR) is 97.3 cm³/mol. The number of halogens is 1. The number of hydrogen-bond donors (Lipinski definition) is 1. The molecule has 0 saturated carbocycles. The number of amides is 1. The maximum Gasteiger partial charge on any atom is 0.314 e. The average molecular weight is 376 g/mol. The molecular formula is C19H21FN2O5. The van der Waals surface area contributed by atoms with Gasteiger partial charge in [0.1, 0.15) is 11.6 Å². The van der Waals surface area contributed by atoms with Crippen LogP contribution in [-0.4, -0.2) is 24.5 Å². The Hall–Kier alpha value is -3.16. The van der Waals surface area contributed by atoms with Crippen molar-refractivity contribution in [3.8, 4) is 11.5 Å². The lowest BCUT2D eigenvalue weighted by Crippen LogP contribution is -2.35. The van der Waals surface area contributed by atoms with Gasteiger partial charge in [-0.1, -0.05) is 26.0 Å². The van der Waals surface area contributed by atoms with E-state index in [0.717, 1.165) is 5.56 Å². The zero-order valence-electron chi connectivity index (χ0n) is 15.3. The standard InChI is InChI=1S/C19H21FN2O5/c1-12(2)19(13-4-6-14(20)7-5-13)21-18(23)11-27-17-9-8-15(26-3)10-16(17)22(24)25/h4-10,12,19H,11H2,1-3H3,(H,21,23).